The number of alkyl halides is 1. The Hall–Kier alpha value is 0.480. The molecule has 3 heteroatoms. The Bertz CT molecular complexity index is 235. The first kappa shape index (κ1) is 8.58. The number of hydrogen-bond acceptors (Lipinski definition) is 1. The van der Waals surface area contributed by atoms with Crippen LogP contribution in [-0.2, 0) is 0 Å². The van der Waals surface area contributed by atoms with Gasteiger partial charge in [-0.05, 0) is 0 Å². The fraction of sp³-hybridized carbons (Fsp3) is 0.143. The third-order valence-corrected chi connectivity index (χ3v) is 4.04. The summed E-state index contributed by atoms with van der Waals surface area (Å²) in [7, 11) is 0. The van der Waals surface area contributed by atoms with Crippen LogP contribution in [0.15, 0.2) is 18.2 Å². The van der Waals surface area contributed by atoms with E-state index in [1.807, 2.05) is 18.2 Å². The number of hydrogen-bond donors (Lipinski definition) is 1. The van der Waals surface area contributed by atoms with Crippen LogP contribution in [-0.4, -0.2) is 10.0 Å². The van der Waals surface area contributed by atoms with E-state index < -0.39 is 0 Å². The summed E-state index contributed by atoms with van der Waals surface area (Å²) in [6, 6.07) is 5.89. The molecule has 0 amide bonds. The van der Waals surface area contributed by atoms with Crippen molar-refractivity contribution in [2.45, 2.75) is 0 Å². The average molecular weight is 361 g/mol. The predicted octanol–water partition coefficient (Wildman–Crippen LogP) is -1.11. The molecule has 0 spiro atoms. The molecule has 0 aliphatic rings. The predicted molar refractivity (Wildman–Crippen MR) is 45.4 cm³/mol. The molecule has 0 bridgehead atoms. The molecule has 0 aromatic heterocycles. The molecular weight excluding hydrogens is 354 g/mol. The van der Waals surface area contributed by atoms with Crippen molar-refractivity contribution in [1.29, 1.82) is 0 Å². The fourth-order valence-corrected chi connectivity index (χ4v) is 3.02. The van der Waals surface area contributed by atoms with Crippen LogP contribution in [0.4, 0.5) is 0 Å². The SMILES string of the molecule is C[I-]c1cccc(I)c1O. The van der Waals surface area contributed by atoms with Crippen molar-refractivity contribution in [1.82, 2.24) is 0 Å². The zero-order valence-corrected chi connectivity index (χ0v) is 9.75. The number of para-hydroxylation sites is 1. The van der Waals surface area contributed by atoms with Crippen molar-refractivity contribution in [2.24, 2.45) is 0 Å². The summed E-state index contributed by atoms with van der Waals surface area (Å²) < 4.78 is 2.09. The van der Waals surface area contributed by atoms with Crippen LogP contribution in [0.5, 0.6) is 5.75 Å². The van der Waals surface area contributed by atoms with E-state index in [1.54, 1.807) is 0 Å². The van der Waals surface area contributed by atoms with Gasteiger partial charge in [-0.15, -0.1) is 0 Å². The van der Waals surface area contributed by atoms with Gasteiger partial charge in [0, 0.05) is 0 Å². The number of aromatic hydroxyl groups is 1. The number of phenolic OH excluding ortho intramolecular Hbond substituents is 1. The molecule has 0 aliphatic carbocycles. The van der Waals surface area contributed by atoms with Crippen molar-refractivity contribution in [3.05, 3.63) is 25.3 Å². The first-order valence-electron chi connectivity index (χ1n) is 2.72. The van der Waals surface area contributed by atoms with Gasteiger partial charge in [0.15, 0.2) is 0 Å². The first-order valence-corrected chi connectivity index (χ1v) is 7.04. The summed E-state index contributed by atoms with van der Waals surface area (Å²) in [5.41, 5.74) is 0. The van der Waals surface area contributed by atoms with Crippen molar-refractivity contribution in [3.8, 4) is 5.75 Å². The van der Waals surface area contributed by atoms with Gasteiger partial charge in [0.05, 0.1) is 0 Å². The van der Waals surface area contributed by atoms with Gasteiger partial charge < -0.3 is 0 Å². The minimum absolute atomic E-state index is 0.0161. The van der Waals surface area contributed by atoms with E-state index in [1.165, 1.54) is 0 Å². The Morgan fingerprint density at radius 3 is 2.70 bits per heavy atom. The van der Waals surface area contributed by atoms with Gasteiger partial charge in [-0.2, -0.15) is 0 Å². The maximum absolute atomic E-state index is 9.42. The summed E-state index contributed by atoms with van der Waals surface area (Å²) >= 11 is 2.16. The number of rotatable bonds is 1. The molecule has 0 fully saturated rings. The summed E-state index contributed by atoms with van der Waals surface area (Å²) in [5.74, 6) is 0.485. The Labute approximate surface area is 84.2 Å². The fourth-order valence-electron chi connectivity index (χ4n) is 0.642. The summed E-state index contributed by atoms with van der Waals surface area (Å²) in [6.45, 7) is 0. The number of phenols is 1. The van der Waals surface area contributed by atoms with E-state index in [4.69, 9.17) is 0 Å². The van der Waals surface area contributed by atoms with E-state index in [-0.39, 0.29) is 21.2 Å². The third-order valence-electron chi connectivity index (χ3n) is 1.14. The van der Waals surface area contributed by atoms with Crippen LogP contribution in [0.2, 0.25) is 0 Å². The van der Waals surface area contributed by atoms with Crippen molar-refractivity contribution in [3.63, 3.8) is 0 Å². The molecule has 0 radical (unpaired) electrons. The Kier molecular flexibility index (Phi) is 3.22. The van der Waals surface area contributed by atoms with E-state index in [0.29, 0.717) is 5.75 Å². The molecule has 0 atom stereocenters. The minimum atomic E-state index is 0.0161. The van der Waals surface area contributed by atoms with Crippen LogP contribution in [0, 0.1) is 7.14 Å². The molecule has 1 N–H and O–H groups in total. The molecule has 1 nitrogen and oxygen atoms in total. The van der Waals surface area contributed by atoms with Crippen LogP contribution < -0.4 is 21.2 Å². The van der Waals surface area contributed by atoms with E-state index in [9.17, 15) is 5.11 Å². The van der Waals surface area contributed by atoms with Gasteiger partial charge in [-0.3, -0.25) is 0 Å². The third kappa shape index (κ3) is 1.75. The second-order valence-electron chi connectivity index (χ2n) is 1.76. The quantitative estimate of drug-likeness (QED) is 0.497. The maximum atomic E-state index is 9.42. The molecule has 0 aliphatic heterocycles. The molecular formula is C7H7I2O-. The van der Waals surface area contributed by atoms with Gasteiger partial charge >= 0.3 is 84.9 Å². The van der Waals surface area contributed by atoms with Gasteiger partial charge in [-0.1, -0.05) is 0 Å². The second-order valence-corrected chi connectivity index (χ2v) is 5.16. The molecule has 10 heavy (non-hydrogen) atoms. The first-order chi connectivity index (χ1) is 4.75. The molecule has 1 aromatic rings. The van der Waals surface area contributed by atoms with Gasteiger partial charge in [0.25, 0.3) is 0 Å². The molecule has 0 saturated carbocycles. The molecule has 0 heterocycles. The monoisotopic (exact) mass is 361 g/mol. The molecule has 0 saturated heterocycles. The molecule has 56 valence electrons. The molecule has 1 rings (SSSR count). The van der Waals surface area contributed by atoms with Crippen LogP contribution >= 0.6 is 22.6 Å². The van der Waals surface area contributed by atoms with Gasteiger partial charge in [-0.25, -0.2) is 0 Å². The normalized spacial score (nSPS) is 10.2. The molecule has 0 unspecified atom stereocenters. The number of benzene rings is 1. The van der Waals surface area contributed by atoms with Crippen molar-refractivity contribution < 1.29 is 26.3 Å². The van der Waals surface area contributed by atoms with Gasteiger partial charge in [0.2, 0.25) is 0 Å². The van der Waals surface area contributed by atoms with Gasteiger partial charge in [0.1, 0.15) is 0 Å². The van der Waals surface area contributed by atoms with Crippen molar-refractivity contribution in [2.75, 3.05) is 4.93 Å². The number of halogens is 2. The standard InChI is InChI=1S/C7H7I2O/c1-9-6-4-2-3-5(8)7(6)10/h2-4,10H,1H3/q-1. The average Bonchev–Trinajstić information content (AvgIpc) is 1.95. The summed E-state index contributed by atoms with van der Waals surface area (Å²) in [4.78, 5) is 2.14. The van der Waals surface area contributed by atoms with E-state index in [2.05, 4.69) is 27.5 Å². The summed E-state index contributed by atoms with van der Waals surface area (Å²) in [5, 5.41) is 9.42. The Balaban J connectivity index is 3.14. The molecule has 1 aromatic carbocycles. The van der Waals surface area contributed by atoms with E-state index in [0.717, 1.165) is 7.14 Å². The van der Waals surface area contributed by atoms with E-state index >= 15 is 0 Å². The zero-order chi connectivity index (χ0) is 7.56. The Morgan fingerprint density at radius 2 is 2.20 bits per heavy atom. The van der Waals surface area contributed by atoms with Crippen molar-refractivity contribution >= 4 is 22.6 Å². The van der Waals surface area contributed by atoms with Crippen LogP contribution in [0.3, 0.4) is 0 Å². The Morgan fingerprint density at radius 1 is 1.50 bits per heavy atom. The topological polar surface area (TPSA) is 20.2 Å². The second kappa shape index (κ2) is 3.75. The van der Waals surface area contributed by atoms with Crippen LogP contribution in [0.1, 0.15) is 0 Å². The zero-order valence-electron chi connectivity index (χ0n) is 5.44. The van der Waals surface area contributed by atoms with Crippen LogP contribution in [0.25, 0.3) is 0 Å². The summed E-state index contributed by atoms with van der Waals surface area (Å²) in [6.07, 6.45) is 0.